The van der Waals surface area contributed by atoms with Crippen LogP contribution in [0.15, 0.2) is 22.6 Å². The summed E-state index contributed by atoms with van der Waals surface area (Å²) in [6.07, 6.45) is 0. The standard InChI is InChI=1S/C17H21N3O3S/c1-4-19(5-2)16(21)13-9-24-10-20(13)17(22)15-8-12-14(23-15)7-6-11(3)18-12/h6-8,13H,4-5,9-10H2,1-3H3/t13-/m1/s1. The Labute approximate surface area is 145 Å². The fourth-order valence-electron chi connectivity index (χ4n) is 2.87. The molecular weight excluding hydrogens is 326 g/mol. The Balaban J connectivity index is 1.85. The van der Waals surface area contributed by atoms with Gasteiger partial charge >= 0.3 is 0 Å². The number of hydrogen-bond acceptors (Lipinski definition) is 5. The van der Waals surface area contributed by atoms with Crippen LogP contribution in [0.2, 0.25) is 0 Å². The Morgan fingerprint density at radius 3 is 2.83 bits per heavy atom. The summed E-state index contributed by atoms with van der Waals surface area (Å²) in [7, 11) is 0. The molecule has 0 aromatic carbocycles. The third kappa shape index (κ3) is 3.00. The number of likely N-dealkylation sites (N-methyl/N-ethyl adjacent to an activating group) is 1. The van der Waals surface area contributed by atoms with Crippen molar-refractivity contribution in [3.05, 3.63) is 29.7 Å². The topological polar surface area (TPSA) is 66.7 Å². The zero-order valence-corrected chi connectivity index (χ0v) is 14.9. The van der Waals surface area contributed by atoms with Crippen LogP contribution in [0.3, 0.4) is 0 Å². The van der Waals surface area contributed by atoms with Crippen LogP contribution in [-0.2, 0) is 4.79 Å². The van der Waals surface area contributed by atoms with Gasteiger partial charge in [-0.25, -0.2) is 4.98 Å². The highest BCUT2D eigenvalue weighted by atomic mass is 32.2. The molecule has 2 aromatic heterocycles. The molecule has 6 nitrogen and oxygen atoms in total. The Morgan fingerprint density at radius 1 is 1.38 bits per heavy atom. The lowest BCUT2D eigenvalue weighted by Gasteiger charge is -2.27. The van der Waals surface area contributed by atoms with Crippen LogP contribution >= 0.6 is 11.8 Å². The first kappa shape index (κ1) is 16.8. The third-order valence-electron chi connectivity index (χ3n) is 4.23. The van der Waals surface area contributed by atoms with Crippen LogP contribution in [0.1, 0.15) is 30.1 Å². The normalized spacial score (nSPS) is 17.5. The molecule has 0 radical (unpaired) electrons. The number of carbonyl (C=O) groups is 2. The summed E-state index contributed by atoms with van der Waals surface area (Å²) in [5.41, 5.74) is 2.12. The van der Waals surface area contributed by atoms with Gasteiger partial charge in [0, 0.05) is 30.6 Å². The van der Waals surface area contributed by atoms with Crippen LogP contribution in [0.25, 0.3) is 11.1 Å². The summed E-state index contributed by atoms with van der Waals surface area (Å²) in [5, 5.41) is 0. The quantitative estimate of drug-likeness (QED) is 0.850. The molecule has 1 aliphatic heterocycles. The van der Waals surface area contributed by atoms with Crippen molar-refractivity contribution >= 4 is 34.7 Å². The number of aromatic nitrogens is 1. The second-order valence-corrected chi connectivity index (χ2v) is 6.75. The van der Waals surface area contributed by atoms with E-state index in [0.29, 0.717) is 35.8 Å². The van der Waals surface area contributed by atoms with Crippen LogP contribution < -0.4 is 0 Å². The largest absolute Gasteiger partial charge is 0.449 e. The van der Waals surface area contributed by atoms with Gasteiger partial charge < -0.3 is 14.2 Å². The number of furan rings is 1. The van der Waals surface area contributed by atoms with Gasteiger partial charge in [0.05, 0.1) is 5.88 Å². The fourth-order valence-corrected chi connectivity index (χ4v) is 4.01. The molecule has 2 aromatic rings. The fraction of sp³-hybridized carbons (Fsp3) is 0.471. The highest BCUT2D eigenvalue weighted by Crippen LogP contribution is 2.26. The summed E-state index contributed by atoms with van der Waals surface area (Å²) in [6, 6.07) is 4.89. The average molecular weight is 347 g/mol. The number of amides is 2. The second-order valence-electron chi connectivity index (χ2n) is 5.75. The maximum atomic E-state index is 12.8. The van der Waals surface area contributed by atoms with Crippen molar-refractivity contribution in [1.82, 2.24) is 14.8 Å². The van der Waals surface area contributed by atoms with E-state index in [0.717, 1.165) is 5.69 Å². The minimum Gasteiger partial charge on any atom is -0.449 e. The maximum absolute atomic E-state index is 12.8. The van der Waals surface area contributed by atoms with Crippen LogP contribution in [0.4, 0.5) is 0 Å². The van der Waals surface area contributed by atoms with Crippen molar-refractivity contribution in [1.29, 1.82) is 0 Å². The molecule has 2 amide bonds. The van der Waals surface area contributed by atoms with E-state index >= 15 is 0 Å². The van der Waals surface area contributed by atoms with Gasteiger partial charge in [-0.05, 0) is 32.9 Å². The molecule has 1 aliphatic rings. The predicted molar refractivity (Wildman–Crippen MR) is 94.0 cm³/mol. The van der Waals surface area contributed by atoms with Crippen molar-refractivity contribution in [2.24, 2.45) is 0 Å². The monoisotopic (exact) mass is 347 g/mol. The number of thioether (sulfide) groups is 1. The zero-order valence-electron chi connectivity index (χ0n) is 14.1. The average Bonchev–Trinajstić information content (AvgIpc) is 3.21. The van der Waals surface area contributed by atoms with E-state index in [9.17, 15) is 9.59 Å². The summed E-state index contributed by atoms with van der Waals surface area (Å²) in [5.74, 6) is 1.12. The third-order valence-corrected chi connectivity index (χ3v) is 5.24. The van der Waals surface area contributed by atoms with Gasteiger partial charge in [0.1, 0.15) is 11.6 Å². The van der Waals surface area contributed by atoms with Crippen LogP contribution in [0, 0.1) is 6.92 Å². The molecule has 7 heteroatoms. The number of hydrogen-bond donors (Lipinski definition) is 0. The molecule has 1 saturated heterocycles. The molecule has 24 heavy (non-hydrogen) atoms. The summed E-state index contributed by atoms with van der Waals surface area (Å²) >= 11 is 1.59. The van der Waals surface area contributed by atoms with Gasteiger partial charge in [-0.3, -0.25) is 9.59 Å². The summed E-state index contributed by atoms with van der Waals surface area (Å²) in [4.78, 5) is 33.2. The lowest BCUT2D eigenvalue weighted by molar-refractivity contribution is -0.134. The Morgan fingerprint density at radius 2 is 2.12 bits per heavy atom. The molecular formula is C17H21N3O3S. The minimum atomic E-state index is -0.426. The van der Waals surface area contributed by atoms with Gasteiger partial charge in [0.2, 0.25) is 5.91 Å². The van der Waals surface area contributed by atoms with Crippen molar-refractivity contribution in [2.45, 2.75) is 26.8 Å². The van der Waals surface area contributed by atoms with E-state index in [1.54, 1.807) is 27.6 Å². The highest BCUT2D eigenvalue weighted by Gasteiger charge is 2.38. The second kappa shape index (κ2) is 6.84. The summed E-state index contributed by atoms with van der Waals surface area (Å²) < 4.78 is 5.65. The molecule has 3 rings (SSSR count). The molecule has 128 valence electrons. The first-order chi connectivity index (χ1) is 11.5. The summed E-state index contributed by atoms with van der Waals surface area (Å²) in [6.45, 7) is 7.08. The van der Waals surface area contributed by atoms with Crippen molar-refractivity contribution in [3.63, 3.8) is 0 Å². The number of aryl methyl sites for hydroxylation is 1. The molecule has 0 saturated carbocycles. The van der Waals surface area contributed by atoms with Gasteiger partial charge in [0.15, 0.2) is 11.3 Å². The van der Waals surface area contributed by atoms with Gasteiger partial charge in [0.25, 0.3) is 5.91 Å². The highest BCUT2D eigenvalue weighted by molar-refractivity contribution is 7.99. The number of nitrogens with zero attached hydrogens (tertiary/aromatic N) is 3. The number of rotatable bonds is 4. The van der Waals surface area contributed by atoms with E-state index in [1.165, 1.54) is 0 Å². The van der Waals surface area contributed by atoms with Crippen LogP contribution in [0.5, 0.6) is 0 Å². The maximum Gasteiger partial charge on any atom is 0.291 e. The smallest absolute Gasteiger partial charge is 0.291 e. The first-order valence-electron chi connectivity index (χ1n) is 8.09. The van der Waals surface area contributed by atoms with E-state index < -0.39 is 6.04 Å². The molecule has 1 fully saturated rings. The van der Waals surface area contributed by atoms with Crippen molar-refractivity contribution in [3.8, 4) is 0 Å². The van der Waals surface area contributed by atoms with E-state index in [-0.39, 0.29) is 17.6 Å². The van der Waals surface area contributed by atoms with E-state index in [2.05, 4.69) is 4.98 Å². The lowest BCUT2D eigenvalue weighted by Crippen LogP contribution is -2.48. The number of fused-ring (bicyclic) bond motifs is 1. The molecule has 0 bridgehead atoms. The molecule has 0 unspecified atom stereocenters. The SMILES string of the molecule is CCN(CC)C(=O)[C@H]1CSCN1C(=O)c1cc2nc(C)ccc2o1. The predicted octanol–water partition coefficient (Wildman–Crippen LogP) is 2.52. The van der Waals surface area contributed by atoms with E-state index in [1.807, 2.05) is 32.9 Å². The molecule has 0 spiro atoms. The molecule has 3 heterocycles. The number of carbonyl (C=O) groups excluding carboxylic acids is 2. The van der Waals surface area contributed by atoms with Crippen molar-refractivity contribution < 1.29 is 14.0 Å². The van der Waals surface area contributed by atoms with Crippen molar-refractivity contribution in [2.75, 3.05) is 24.7 Å². The van der Waals surface area contributed by atoms with E-state index in [4.69, 9.17) is 4.42 Å². The first-order valence-corrected chi connectivity index (χ1v) is 9.25. The molecule has 0 aliphatic carbocycles. The van der Waals surface area contributed by atoms with Crippen LogP contribution in [-0.4, -0.2) is 57.4 Å². The number of pyridine rings is 1. The minimum absolute atomic E-state index is 0.00318. The Hall–Kier alpha value is -2.02. The van der Waals surface area contributed by atoms with Gasteiger partial charge in [-0.15, -0.1) is 11.8 Å². The Bertz CT molecular complexity index is 770. The van der Waals surface area contributed by atoms with Gasteiger partial charge in [-0.2, -0.15) is 0 Å². The Kier molecular flexibility index (Phi) is 4.80. The lowest BCUT2D eigenvalue weighted by atomic mass is 10.2. The van der Waals surface area contributed by atoms with Gasteiger partial charge in [-0.1, -0.05) is 0 Å². The molecule has 0 N–H and O–H groups in total. The molecule has 1 atom stereocenters. The zero-order chi connectivity index (χ0) is 17.3.